The molecule has 0 amide bonds. The number of aromatic nitrogens is 1. The van der Waals surface area contributed by atoms with Crippen LogP contribution in [0, 0.1) is 0 Å². The van der Waals surface area contributed by atoms with Gasteiger partial charge in [0.05, 0.1) is 5.69 Å². The molecule has 0 saturated heterocycles. The first-order valence-electron chi connectivity index (χ1n) is 5.54. The van der Waals surface area contributed by atoms with Gasteiger partial charge in [-0.2, -0.15) is 0 Å². The Bertz CT molecular complexity index is 737. The zero-order chi connectivity index (χ0) is 14.8. The summed E-state index contributed by atoms with van der Waals surface area (Å²) in [7, 11) is -2.15. The molecule has 1 aromatic heterocycles. The fourth-order valence-corrected chi connectivity index (χ4v) is 3.46. The normalized spacial score (nSPS) is 11.2. The van der Waals surface area contributed by atoms with Gasteiger partial charge in [0.2, 0.25) is 0 Å². The summed E-state index contributed by atoms with van der Waals surface area (Å²) in [5.41, 5.74) is 0.364. The van der Waals surface area contributed by atoms with Crippen molar-refractivity contribution in [2.24, 2.45) is 0 Å². The number of hydrogen-bond acceptors (Lipinski definition) is 4. The Labute approximate surface area is 130 Å². The monoisotopic (exact) mass is 375 g/mol. The second-order valence-electron chi connectivity index (χ2n) is 3.83. The molecule has 0 atom stereocenters. The van der Waals surface area contributed by atoms with E-state index in [0.29, 0.717) is 15.2 Å². The quantitative estimate of drug-likeness (QED) is 0.858. The molecule has 8 heteroatoms. The standard InChI is InChI=1S/C12H11BrClN3O2S/c1-15-12-11(3-2-6-16-12)20(18,19)17-10-7-8(14)4-5-9(10)13/h2-7,17H,1H3,(H,15,16). The number of pyridine rings is 1. The Morgan fingerprint density at radius 2 is 2.05 bits per heavy atom. The second-order valence-corrected chi connectivity index (χ2v) is 6.77. The Morgan fingerprint density at radius 3 is 2.75 bits per heavy atom. The molecular weight excluding hydrogens is 366 g/mol. The first-order chi connectivity index (χ1) is 9.44. The number of benzene rings is 1. The van der Waals surface area contributed by atoms with E-state index in [1.807, 2.05) is 0 Å². The molecule has 0 aliphatic rings. The fourth-order valence-electron chi connectivity index (χ4n) is 1.57. The van der Waals surface area contributed by atoms with Gasteiger partial charge in [-0.25, -0.2) is 13.4 Å². The van der Waals surface area contributed by atoms with Gasteiger partial charge in [0.25, 0.3) is 10.0 Å². The number of nitrogens with zero attached hydrogens (tertiary/aromatic N) is 1. The van der Waals surface area contributed by atoms with Gasteiger partial charge >= 0.3 is 0 Å². The summed E-state index contributed by atoms with van der Waals surface area (Å²) in [6.07, 6.45) is 1.51. The van der Waals surface area contributed by atoms with Crippen molar-refractivity contribution >= 4 is 49.1 Å². The van der Waals surface area contributed by atoms with E-state index < -0.39 is 10.0 Å². The number of anilines is 2. The summed E-state index contributed by atoms with van der Waals surface area (Å²) in [5.74, 6) is 0.276. The Morgan fingerprint density at radius 1 is 1.30 bits per heavy atom. The van der Waals surface area contributed by atoms with Crippen molar-refractivity contribution in [3.63, 3.8) is 0 Å². The maximum Gasteiger partial charge on any atom is 0.265 e. The first kappa shape index (κ1) is 15.1. The molecule has 0 bridgehead atoms. The molecule has 1 heterocycles. The summed E-state index contributed by atoms with van der Waals surface area (Å²) < 4.78 is 27.9. The lowest BCUT2D eigenvalue weighted by molar-refractivity contribution is 0.601. The van der Waals surface area contributed by atoms with E-state index >= 15 is 0 Å². The van der Waals surface area contributed by atoms with Crippen LogP contribution < -0.4 is 10.0 Å². The van der Waals surface area contributed by atoms with Crippen molar-refractivity contribution in [1.82, 2.24) is 4.98 Å². The minimum absolute atomic E-state index is 0.0642. The third-order valence-electron chi connectivity index (χ3n) is 2.47. The van der Waals surface area contributed by atoms with Crippen molar-refractivity contribution < 1.29 is 8.42 Å². The minimum atomic E-state index is -3.76. The van der Waals surface area contributed by atoms with E-state index in [1.165, 1.54) is 18.3 Å². The van der Waals surface area contributed by atoms with Gasteiger partial charge in [-0.1, -0.05) is 11.6 Å². The van der Waals surface area contributed by atoms with E-state index in [4.69, 9.17) is 11.6 Å². The van der Waals surface area contributed by atoms with Crippen LogP contribution in [0.25, 0.3) is 0 Å². The zero-order valence-electron chi connectivity index (χ0n) is 10.4. The Balaban J connectivity index is 2.43. The fraction of sp³-hybridized carbons (Fsp3) is 0.0833. The summed E-state index contributed by atoms with van der Waals surface area (Å²) in [6, 6.07) is 7.88. The van der Waals surface area contributed by atoms with Crippen molar-refractivity contribution in [3.05, 3.63) is 46.0 Å². The molecule has 106 valence electrons. The van der Waals surface area contributed by atoms with Crippen molar-refractivity contribution in [3.8, 4) is 0 Å². The maximum atomic E-state index is 12.4. The lowest BCUT2D eigenvalue weighted by atomic mass is 10.3. The van der Waals surface area contributed by atoms with Crippen LogP contribution in [0.4, 0.5) is 11.5 Å². The molecule has 0 aliphatic carbocycles. The average Bonchev–Trinajstić information content (AvgIpc) is 2.42. The molecule has 1 aromatic carbocycles. The highest BCUT2D eigenvalue weighted by Crippen LogP contribution is 2.29. The molecule has 20 heavy (non-hydrogen) atoms. The van der Waals surface area contributed by atoms with Crippen LogP contribution in [0.5, 0.6) is 0 Å². The van der Waals surface area contributed by atoms with Crippen LogP contribution in [0.1, 0.15) is 0 Å². The molecule has 5 nitrogen and oxygen atoms in total. The van der Waals surface area contributed by atoms with Gasteiger partial charge in [0, 0.05) is 22.7 Å². The smallest absolute Gasteiger partial charge is 0.265 e. The van der Waals surface area contributed by atoms with Gasteiger partial charge < -0.3 is 5.32 Å². The lowest BCUT2D eigenvalue weighted by Gasteiger charge is -2.12. The van der Waals surface area contributed by atoms with Crippen LogP contribution in [0.15, 0.2) is 45.9 Å². The number of halogens is 2. The van der Waals surface area contributed by atoms with Crippen LogP contribution in [0.2, 0.25) is 5.02 Å². The number of nitrogens with one attached hydrogen (secondary N) is 2. The SMILES string of the molecule is CNc1ncccc1S(=O)(=O)Nc1cc(Cl)ccc1Br. The second kappa shape index (κ2) is 5.99. The molecule has 0 spiro atoms. The van der Waals surface area contributed by atoms with Crippen molar-refractivity contribution in [1.29, 1.82) is 0 Å². The van der Waals surface area contributed by atoms with E-state index in [9.17, 15) is 8.42 Å². The predicted octanol–water partition coefficient (Wildman–Crippen LogP) is 3.34. The molecule has 0 unspecified atom stereocenters. The van der Waals surface area contributed by atoms with Crippen LogP contribution in [-0.2, 0) is 10.0 Å². The van der Waals surface area contributed by atoms with E-state index in [1.54, 1.807) is 25.2 Å². The molecule has 2 rings (SSSR count). The number of sulfonamides is 1. The topological polar surface area (TPSA) is 71.1 Å². The molecule has 0 radical (unpaired) electrons. The van der Waals surface area contributed by atoms with Gasteiger partial charge in [0.15, 0.2) is 0 Å². The van der Waals surface area contributed by atoms with Crippen molar-refractivity contribution in [2.45, 2.75) is 4.90 Å². The van der Waals surface area contributed by atoms with Crippen LogP contribution in [-0.4, -0.2) is 20.4 Å². The summed E-state index contributed by atoms with van der Waals surface area (Å²) in [4.78, 5) is 4.04. The van der Waals surface area contributed by atoms with Gasteiger partial charge in [-0.15, -0.1) is 0 Å². The number of hydrogen-bond donors (Lipinski definition) is 2. The minimum Gasteiger partial charge on any atom is -0.372 e. The van der Waals surface area contributed by atoms with Crippen LogP contribution in [0.3, 0.4) is 0 Å². The highest BCUT2D eigenvalue weighted by molar-refractivity contribution is 9.10. The molecule has 0 fully saturated rings. The average molecular weight is 377 g/mol. The number of rotatable bonds is 4. The Kier molecular flexibility index (Phi) is 4.52. The van der Waals surface area contributed by atoms with Gasteiger partial charge in [0.1, 0.15) is 10.7 Å². The van der Waals surface area contributed by atoms with E-state index in [-0.39, 0.29) is 10.7 Å². The molecular formula is C12H11BrClN3O2S. The molecule has 2 N–H and O–H groups in total. The molecule has 0 aliphatic heterocycles. The third-order valence-corrected chi connectivity index (χ3v) is 4.79. The van der Waals surface area contributed by atoms with Gasteiger partial charge in [-0.05, 0) is 46.3 Å². The van der Waals surface area contributed by atoms with E-state index in [0.717, 1.165) is 0 Å². The first-order valence-corrected chi connectivity index (χ1v) is 8.20. The summed E-state index contributed by atoms with van der Waals surface area (Å²) in [5, 5.41) is 3.18. The third kappa shape index (κ3) is 3.23. The van der Waals surface area contributed by atoms with Crippen molar-refractivity contribution in [2.75, 3.05) is 17.1 Å². The maximum absolute atomic E-state index is 12.4. The highest BCUT2D eigenvalue weighted by Gasteiger charge is 2.20. The lowest BCUT2D eigenvalue weighted by Crippen LogP contribution is -2.15. The predicted molar refractivity (Wildman–Crippen MR) is 83.7 cm³/mol. The molecule has 0 saturated carbocycles. The van der Waals surface area contributed by atoms with Crippen LogP contribution >= 0.6 is 27.5 Å². The largest absolute Gasteiger partial charge is 0.372 e. The Hall–Kier alpha value is -1.31. The summed E-state index contributed by atoms with van der Waals surface area (Å²) in [6.45, 7) is 0. The molecule has 2 aromatic rings. The van der Waals surface area contributed by atoms with E-state index in [2.05, 4.69) is 31.0 Å². The zero-order valence-corrected chi connectivity index (χ0v) is 13.6. The highest BCUT2D eigenvalue weighted by atomic mass is 79.9. The van der Waals surface area contributed by atoms with Gasteiger partial charge in [-0.3, -0.25) is 4.72 Å². The summed E-state index contributed by atoms with van der Waals surface area (Å²) >= 11 is 9.14.